The molecular formula is C23H34N4O4. The molecule has 4 rings (SSSR count). The van der Waals surface area contributed by atoms with E-state index in [0.717, 1.165) is 51.9 Å². The maximum absolute atomic E-state index is 12.9. The monoisotopic (exact) mass is 430 g/mol. The molecule has 0 spiro atoms. The first-order valence-corrected chi connectivity index (χ1v) is 11.6. The summed E-state index contributed by atoms with van der Waals surface area (Å²) in [6.07, 6.45) is 5.43. The van der Waals surface area contributed by atoms with Gasteiger partial charge in [-0.15, -0.1) is 0 Å². The van der Waals surface area contributed by atoms with Gasteiger partial charge in [-0.25, -0.2) is 0 Å². The molecule has 8 nitrogen and oxygen atoms in total. The highest BCUT2D eigenvalue weighted by Crippen LogP contribution is 2.23. The first kappa shape index (κ1) is 22.0. The number of ketones is 1. The number of likely N-dealkylation sites (tertiary alicyclic amines) is 2. The molecule has 4 heterocycles. The number of hydrogen-bond acceptors (Lipinski definition) is 5. The van der Waals surface area contributed by atoms with Crippen LogP contribution in [0.5, 0.6) is 0 Å². The molecule has 3 fully saturated rings. The van der Waals surface area contributed by atoms with E-state index in [0.29, 0.717) is 30.9 Å². The first-order chi connectivity index (χ1) is 14.9. The smallest absolute Gasteiger partial charge is 0.270 e. The topological polar surface area (TPSA) is 86.0 Å². The number of morpholine rings is 1. The fourth-order valence-corrected chi connectivity index (χ4v) is 5.02. The van der Waals surface area contributed by atoms with Gasteiger partial charge in [-0.3, -0.25) is 19.3 Å². The number of aromatic nitrogens is 1. The number of ether oxygens (including phenoxy) is 1. The molecule has 0 radical (unpaired) electrons. The van der Waals surface area contributed by atoms with Crippen LogP contribution < -0.4 is 0 Å². The lowest BCUT2D eigenvalue weighted by molar-refractivity contribution is -0.148. The highest BCUT2D eigenvalue weighted by Gasteiger charge is 2.33. The van der Waals surface area contributed by atoms with Gasteiger partial charge in [0.1, 0.15) is 5.69 Å². The lowest BCUT2D eigenvalue weighted by Crippen LogP contribution is -2.51. The van der Waals surface area contributed by atoms with E-state index in [9.17, 15) is 14.4 Å². The molecule has 0 aliphatic carbocycles. The maximum Gasteiger partial charge on any atom is 0.270 e. The minimum Gasteiger partial charge on any atom is -0.372 e. The van der Waals surface area contributed by atoms with Gasteiger partial charge >= 0.3 is 0 Å². The molecule has 31 heavy (non-hydrogen) atoms. The van der Waals surface area contributed by atoms with Crippen molar-refractivity contribution in [3.8, 4) is 0 Å². The third-order valence-corrected chi connectivity index (χ3v) is 6.66. The normalized spacial score (nSPS) is 25.7. The van der Waals surface area contributed by atoms with Crippen molar-refractivity contribution in [3.05, 3.63) is 23.5 Å². The van der Waals surface area contributed by atoms with Gasteiger partial charge < -0.3 is 19.5 Å². The number of carbonyl (C=O) groups excluding carboxylic acids is 3. The van der Waals surface area contributed by atoms with Crippen molar-refractivity contribution in [2.75, 3.05) is 45.8 Å². The van der Waals surface area contributed by atoms with Crippen LogP contribution in [0, 0.1) is 5.92 Å². The zero-order valence-electron chi connectivity index (χ0n) is 18.6. The second-order valence-electron chi connectivity index (χ2n) is 9.28. The number of Topliss-reactive ketones (excluding diaryl/α,β-unsaturated/α-hetero) is 1. The van der Waals surface area contributed by atoms with Gasteiger partial charge in [0.2, 0.25) is 5.91 Å². The molecule has 1 aromatic heterocycles. The van der Waals surface area contributed by atoms with E-state index in [-0.39, 0.29) is 35.7 Å². The molecule has 0 aromatic carbocycles. The Bertz CT molecular complexity index is 798. The minimum absolute atomic E-state index is 0.0114. The molecule has 0 bridgehead atoms. The standard InChI is InChI=1S/C23H34N4O4/c1-16-13-27(14-17(2)31-16)22(29)18-5-9-25(10-6-18)15-21(28)19-11-20(24-12-19)23(30)26-7-3-4-8-26/h11-12,16-18,24H,3-10,13-15H2,1-2H3. The van der Waals surface area contributed by atoms with Gasteiger partial charge in [-0.2, -0.15) is 0 Å². The van der Waals surface area contributed by atoms with Gasteiger partial charge in [0.05, 0.1) is 18.8 Å². The number of aromatic amines is 1. The average Bonchev–Trinajstić information content (AvgIpc) is 3.45. The number of nitrogens with one attached hydrogen (secondary N) is 1. The molecule has 3 aliphatic heterocycles. The van der Waals surface area contributed by atoms with E-state index >= 15 is 0 Å². The van der Waals surface area contributed by atoms with Gasteiger partial charge in [-0.05, 0) is 58.7 Å². The number of H-pyrrole nitrogens is 1. The highest BCUT2D eigenvalue weighted by atomic mass is 16.5. The number of rotatable bonds is 5. The first-order valence-electron chi connectivity index (χ1n) is 11.6. The Hall–Kier alpha value is -2.19. The molecule has 2 amide bonds. The lowest BCUT2D eigenvalue weighted by atomic mass is 9.94. The predicted octanol–water partition coefficient (Wildman–Crippen LogP) is 1.78. The number of nitrogens with zero attached hydrogens (tertiary/aromatic N) is 3. The fourth-order valence-electron chi connectivity index (χ4n) is 5.02. The van der Waals surface area contributed by atoms with E-state index in [1.807, 2.05) is 23.6 Å². The van der Waals surface area contributed by atoms with Crippen LogP contribution in [-0.4, -0.2) is 95.3 Å². The summed E-state index contributed by atoms with van der Waals surface area (Å²) in [4.78, 5) is 47.0. The van der Waals surface area contributed by atoms with Gasteiger partial charge in [0.25, 0.3) is 5.91 Å². The molecule has 2 unspecified atom stereocenters. The Kier molecular flexibility index (Phi) is 6.77. The third kappa shape index (κ3) is 5.18. The van der Waals surface area contributed by atoms with Crippen LogP contribution >= 0.6 is 0 Å². The van der Waals surface area contributed by atoms with Crippen molar-refractivity contribution >= 4 is 17.6 Å². The fraction of sp³-hybridized carbons (Fsp3) is 0.696. The summed E-state index contributed by atoms with van der Waals surface area (Å²) in [6.45, 7) is 8.71. The molecule has 3 aliphatic rings. The van der Waals surface area contributed by atoms with Gasteiger partial charge in [0, 0.05) is 43.9 Å². The van der Waals surface area contributed by atoms with Crippen molar-refractivity contribution in [2.45, 2.75) is 51.7 Å². The van der Waals surface area contributed by atoms with E-state index in [4.69, 9.17) is 4.74 Å². The zero-order valence-corrected chi connectivity index (χ0v) is 18.6. The summed E-state index contributed by atoms with van der Waals surface area (Å²) in [5, 5.41) is 0. The zero-order chi connectivity index (χ0) is 22.0. The summed E-state index contributed by atoms with van der Waals surface area (Å²) in [5.74, 6) is 0.240. The quantitative estimate of drug-likeness (QED) is 0.720. The van der Waals surface area contributed by atoms with Crippen LogP contribution in [-0.2, 0) is 9.53 Å². The van der Waals surface area contributed by atoms with Crippen LogP contribution in [0.3, 0.4) is 0 Å². The SMILES string of the molecule is CC1CN(C(=O)C2CCN(CC(=O)c3c[nH]c(C(=O)N4CCCC4)c3)CC2)CC(C)O1. The van der Waals surface area contributed by atoms with E-state index in [1.165, 1.54) is 0 Å². The Morgan fingerprint density at radius 1 is 1.00 bits per heavy atom. The molecule has 1 N–H and O–H groups in total. The molecule has 2 atom stereocenters. The van der Waals surface area contributed by atoms with Crippen molar-refractivity contribution in [1.29, 1.82) is 0 Å². The van der Waals surface area contributed by atoms with Crippen molar-refractivity contribution < 1.29 is 19.1 Å². The summed E-state index contributed by atoms with van der Waals surface area (Å²) in [6, 6.07) is 1.68. The number of hydrogen-bond donors (Lipinski definition) is 1. The van der Waals surface area contributed by atoms with Crippen LogP contribution in [0.2, 0.25) is 0 Å². The maximum atomic E-state index is 12.9. The highest BCUT2D eigenvalue weighted by molar-refractivity contribution is 6.01. The van der Waals surface area contributed by atoms with Crippen LogP contribution in [0.15, 0.2) is 12.3 Å². The summed E-state index contributed by atoms with van der Waals surface area (Å²) in [7, 11) is 0. The second kappa shape index (κ2) is 9.53. The van der Waals surface area contributed by atoms with E-state index in [2.05, 4.69) is 9.88 Å². The summed E-state index contributed by atoms with van der Waals surface area (Å²) in [5.41, 5.74) is 1.04. The molecule has 1 aromatic rings. The largest absolute Gasteiger partial charge is 0.372 e. The Morgan fingerprint density at radius 3 is 2.29 bits per heavy atom. The predicted molar refractivity (Wildman–Crippen MR) is 116 cm³/mol. The van der Waals surface area contributed by atoms with Gasteiger partial charge in [-0.1, -0.05) is 0 Å². The van der Waals surface area contributed by atoms with Gasteiger partial charge in [0.15, 0.2) is 5.78 Å². The minimum atomic E-state index is -0.0253. The van der Waals surface area contributed by atoms with Crippen molar-refractivity contribution in [3.63, 3.8) is 0 Å². The van der Waals surface area contributed by atoms with Crippen molar-refractivity contribution in [1.82, 2.24) is 19.7 Å². The third-order valence-electron chi connectivity index (χ3n) is 6.66. The Morgan fingerprint density at radius 2 is 1.65 bits per heavy atom. The number of piperidine rings is 1. The van der Waals surface area contributed by atoms with Crippen LogP contribution in [0.1, 0.15) is 60.4 Å². The van der Waals surface area contributed by atoms with E-state index in [1.54, 1.807) is 12.3 Å². The van der Waals surface area contributed by atoms with Crippen molar-refractivity contribution in [2.24, 2.45) is 5.92 Å². The van der Waals surface area contributed by atoms with Crippen LogP contribution in [0.25, 0.3) is 0 Å². The molecule has 3 saturated heterocycles. The average molecular weight is 431 g/mol. The molecular weight excluding hydrogens is 396 g/mol. The summed E-state index contributed by atoms with van der Waals surface area (Å²) < 4.78 is 5.74. The Labute approximate surface area is 183 Å². The molecule has 170 valence electrons. The van der Waals surface area contributed by atoms with E-state index < -0.39 is 0 Å². The molecule has 0 saturated carbocycles. The number of amides is 2. The summed E-state index contributed by atoms with van der Waals surface area (Å²) >= 11 is 0. The second-order valence-corrected chi connectivity index (χ2v) is 9.28. The Balaban J connectivity index is 1.25. The number of carbonyl (C=O) groups is 3. The lowest BCUT2D eigenvalue weighted by Gasteiger charge is -2.39. The molecule has 8 heteroatoms. The van der Waals surface area contributed by atoms with Crippen LogP contribution in [0.4, 0.5) is 0 Å².